The third-order valence-electron chi connectivity index (χ3n) is 4.12. The fraction of sp³-hybridized carbons (Fsp3) is 0.467. The van der Waals surface area contributed by atoms with E-state index < -0.39 is 28.4 Å². The molecule has 1 aromatic carbocycles. The van der Waals surface area contributed by atoms with E-state index in [1.165, 1.54) is 6.07 Å². The normalized spacial score (nSPS) is 29.1. The molecule has 1 fully saturated rings. The topological polar surface area (TPSA) is 17.1 Å². The molecule has 0 saturated carbocycles. The Morgan fingerprint density at radius 1 is 1.19 bits per heavy atom. The lowest BCUT2D eigenvalue weighted by Crippen LogP contribution is -2.33. The first-order valence-electron chi connectivity index (χ1n) is 6.83. The molecule has 2 aliphatic heterocycles. The van der Waals surface area contributed by atoms with Gasteiger partial charge in [0.1, 0.15) is 5.82 Å². The predicted molar refractivity (Wildman–Crippen MR) is 73.6 cm³/mol. The van der Waals surface area contributed by atoms with Crippen LogP contribution in [0.15, 0.2) is 24.3 Å². The van der Waals surface area contributed by atoms with Gasteiger partial charge in [-0.1, -0.05) is 18.6 Å². The summed E-state index contributed by atoms with van der Waals surface area (Å²) < 4.78 is 63.8. The second-order valence-electron chi connectivity index (χ2n) is 5.51. The van der Waals surface area contributed by atoms with Crippen LogP contribution in [0.25, 0.3) is 5.57 Å². The van der Waals surface area contributed by atoms with E-state index in [9.17, 15) is 21.8 Å². The molecule has 3 rings (SSSR count). The first kappa shape index (κ1) is 14.8. The lowest BCUT2D eigenvalue weighted by atomic mass is 9.92. The Morgan fingerprint density at radius 2 is 1.95 bits per heavy atom. The van der Waals surface area contributed by atoms with Gasteiger partial charge in [0.2, 0.25) is 0 Å². The first-order chi connectivity index (χ1) is 9.86. The van der Waals surface area contributed by atoms with E-state index >= 15 is 0 Å². The molecule has 0 spiro atoms. The molecule has 0 radical (unpaired) electrons. The van der Waals surface area contributed by atoms with Crippen molar-refractivity contribution < 1.29 is 21.8 Å². The quantitative estimate of drug-likeness (QED) is 0.706. The summed E-state index contributed by atoms with van der Waals surface area (Å²) in [5.74, 6) is -1.26. The highest BCUT2D eigenvalue weighted by atomic mass is 32.2. The highest BCUT2D eigenvalue weighted by Crippen LogP contribution is 2.39. The molecule has 3 unspecified atom stereocenters. The van der Waals surface area contributed by atoms with E-state index in [0.717, 1.165) is 37.0 Å². The van der Waals surface area contributed by atoms with Gasteiger partial charge in [0.15, 0.2) is 0 Å². The van der Waals surface area contributed by atoms with Crippen LogP contribution >= 0.6 is 0 Å². The van der Waals surface area contributed by atoms with Crippen molar-refractivity contribution in [3.63, 3.8) is 0 Å². The number of benzene rings is 1. The molecular weight excluding hydrogens is 304 g/mol. The second-order valence-corrected chi connectivity index (χ2v) is 7.44. The molecule has 1 saturated heterocycles. The molecule has 1 aromatic rings. The molecule has 1 nitrogen and oxygen atoms in total. The van der Waals surface area contributed by atoms with Crippen molar-refractivity contribution in [2.24, 2.45) is 0 Å². The van der Waals surface area contributed by atoms with Gasteiger partial charge < -0.3 is 0 Å². The van der Waals surface area contributed by atoms with E-state index in [1.54, 1.807) is 0 Å². The zero-order valence-corrected chi connectivity index (χ0v) is 11.9. The lowest BCUT2D eigenvalue weighted by molar-refractivity contribution is -0.140. The zero-order chi connectivity index (χ0) is 15.2. The Kier molecular flexibility index (Phi) is 3.67. The van der Waals surface area contributed by atoms with Crippen LogP contribution in [0.3, 0.4) is 0 Å². The standard InChI is InChI=1S/C15H14F4OS/c16-14-5-4-9(8-13(14)15(17,18)19)10-6-11-2-1-3-12(7-10)21(11)20/h4-6,8,11-12H,1-3,7H2. The SMILES string of the molecule is O=S1C2C=C(c3ccc(F)c(C(F)(F)F)c3)CC1CCC2. The van der Waals surface area contributed by atoms with Crippen molar-refractivity contribution in [3.8, 4) is 0 Å². The van der Waals surface area contributed by atoms with Crippen LogP contribution in [0, 0.1) is 5.82 Å². The van der Waals surface area contributed by atoms with Crippen LogP contribution in [-0.2, 0) is 17.0 Å². The summed E-state index contributed by atoms with van der Waals surface area (Å²) in [5, 5.41) is -0.0602. The summed E-state index contributed by atoms with van der Waals surface area (Å²) in [5.41, 5.74) is -0.0927. The minimum absolute atomic E-state index is 0.0168. The predicted octanol–water partition coefficient (Wildman–Crippen LogP) is 4.30. The van der Waals surface area contributed by atoms with E-state index in [-0.39, 0.29) is 10.5 Å². The summed E-state index contributed by atoms with van der Waals surface area (Å²) in [6.45, 7) is 0. The number of rotatable bonds is 1. The van der Waals surface area contributed by atoms with Crippen molar-refractivity contribution >= 4 is 16.4 Å². The van der Waals surface area contributed by atoms with Gasteiger partial charge >= 0.3 is 6.18 Å². The monoisotopic (exact) mass is 318 g/mol. The lowest BCUT2D eigenvalue weighted by Gasteiger charge is -2.33. The largest absolute Gasteiger partial charge is 0.419 e. The van der Waals surface area contributed by atoms with E-state index in [0.29, 0.717) is 12.0 Å². The van der Waals surface area contributed by atoms with Gasteiger partial charge in [-0.25, -0.2) is 4.39 Å². The van der Waals surface area contributed by atoms with Gasteiger partial charge in [-0.3, -0.25) is 4.21 Å². The number of allylic oxidation sites excluding steroid dienone is 1. The fourth-order valence-electron chi connectivity index (χ4n) is 3.05. The molecule has 2 aliphatic rings. The number of fused-ring (bicyclic) bond motifs is 2. The van der Waals surface area contributed by atoms with Crippen LogP contribution in [-0.4, -0.2) is 14.7 Å². The van der Waals surface area contributed by atoms with Crippen molar-refractivity contribution in [2.45, 2.75) is 42.4 Å². The number of hydrogen-bond donors (Lipinski definition) is 0. The van der Waals surface area contributed by atoms with Crippen molar-refractivity contribution in [3.05, 3.63) is 41.2 Å². The summed E-state index contributed by atoms with van der Waals surface area (Å²) in [4.78, 5) is 0. The second kappa shape index (κ2) is 5.23. The highest BCUT2D eigenvalue weighted by Gasteiger charge is 2.36. The van der Waals surface area contributed by atoms with Crippen LogP contribution in [0.2, 0.25) is 0 Å². The Labute approximate surface area is 122 Å². The van der Waals surface area contributed by atoms with Gasteiger partial charge in [-0.2, -0.15) is 13.2 Å². The molecule has 21 heavy (non-hydrogen) atoms. The average Bonchev–Trinajstić information content (AvgIpc) is 2.37. The summed E-state index contributed by atoms with van der Waals surface area (Å²) in [7, 11) is -0.930. The summed E-state index contributed by atoms with van der Waals surface area (Å²) in [6, 6.07) is 3.10. The molecule has 2 heterocycles. The van der Waals surface area contributed by atoms with Gasteiger partial charge in [0.25, 0.3) is 0 Å². The average molecular weight is 318 g/mol. The Hall–Kier alpha value is -1.17. The summed E-state index contributed by atoms with van der Waals surface area (Å²) in [6.07, 6.45) is 0.273. The third kappa shape index (κ3) is 2.78. The maximum Gasteiger partial charge on any atom is 0.419 e. The zero-order valence-electron chi connectivity index (χ0n) is 11.1. The first-order valence-corrected chi connectivity index (χ1v) is 8.11. The molecule has 2 bridgehead atoms. The van der Waals surface area contributed by atoms with Gasteiger partial charge in [0, 0.05) is 16.0 Å². The number of halogens is 4. The van der Waals surface area contributed by atoms with E-state index in [1.807, 2.05) is 6.08 Å². The van der Waals surface area contributed by atoms with Crippen molar-refractivity contribution in [1.29, 1.82) is 0 Å². The molecule has 6 heteroatoms. The minimum atomic E-state index is -4.70. The van der Waals surface area contributed by atoms with Gasteiger partial charge in [-0.05, 0) is 42.5 Å². The van der Waals surface area contributed by atoms with Crippen LogP contribution in [0.4, 0.5) is 17.6 Å². The van der Waals surface area contributed by atoms with E-state index in [4.69, 9.17) is 0 Å². The molecule has 0 N–H and O–H groups in total. The number of alkyl halides is 3. The Balaban J connectivity index is 2.00. The maximum absolute atomic E-state index is 13.3. The van der Waals surface area contributed by atoms with E-state index in [2.05, 4.69) is 0 Å². The Morgan fingerprint density at radius 3 is 2.62 bits per heavy atom. The third-order valence-corrected chi connectivity index (χ3v) is 6.15. The van der Waals surface area contributed by atoms with Crippen molar-refractivity contribution in [1.82, 2.24) is 0 Å². The highest BCUT2D eigenvalue weighted by molar-refractivity contribution is 7.86. The molecule has 0 aromatic heterocycles. The molecule has 0 aliphatic carbocycles. The number of hydrogen-bond acceptors (Lipinski definition) is 1. The molecule has 0 amide bonds. The van der Waals surface area contributed by atoms with Gasteiger partial charge in [0.05, 0.1) is 10.8 Å². The summed E-state index contributed by atoms with van der Waals surface area (Å²) >= 11 is 0. The van der Waals surface area contributed by atoms with Crippen LogP contribution < -0.4 is 0 Å². The molecular formula is C15H14F4OS. The van der Waals surface area contributed by atoms with Gasteiger partial charge in [-0.15, -0.1) is 0 Å². The molecule has 114 valence electrons. The van der Waals surface area contributed by atoms with Crippen LogP contribution in [0.1, 0.15) is 36.8 Å². The Bertz CT molecular complexity index is 621. The van der Waals surface area contributed by atoms with Crippen molar-refractivity contribution in [2.75, 3.05) is 0 Å². The fourth-order valence-corrected chi connectivity index (χ4v) is 4.99. The molecule has 3 atom stereocenters. The minimum Gasteiger partial charge on any atom is -0.259 e. The van der Waals surface area contributed by atoms with Crippen LogP contribution in [0.5, 0.6) is 0 Å². The maximum atomic E-state index is 13.3. The smallest absolute Gasteiger partial charge is 0.259 e.